The fraction of sp³-hybridized carbons (Fsp3) is 0.278. The van der Waals surface area contributed by atoms with E-state index in [2.05, 4.69) is 38.3 Å². The molecule has 2 heterocycles. The van der Waals surface area contributed by atoms with Crippen LogP contribution >= 0.6 is 34.4 Å². The zero-order valence-corrected chi connectivity index (χ0v) is 17.0. The maximum atomic E-state index is 12.4. The first-order valence-electron chi connectivity index (χ1n) is 8.25. The lowest BCUT2D eigenvalue weighted by molar-refractivity contribution is -0.115. The highest BCUT2D eigenvalue weighted by molar-refractivity contribution is 8.02. The topological polar surface area (TPSA) is 66.9 Å². The largest absolute Gasteiger partial charge is 0.360 e. The number of anilines is 2. The Morgan fingerprint density at radius 2 is 2.08 bits per heavy atom. The van der Waals surface area contributed by atoms with Gasteiger partial charge >= 0.3 is 0 Å². The van der Waals surface area contributed by atoms with Crippen molar-refractivity contribution in [2.75, 3.05) is 17.2 Å². The lowest BCUT2D eigenvalue weighted by atomic mass is 10.2. The molecular weight excluding hydrogens is 384 g/mol. The van der Waals surface area contributed by atoms with Crippen molar-refractivity contribution in [3.05, 3.63) is 52.2 Å². The van der Waals surface area contributed by atoms with Crippen molar-refractivity contribution < 1.29 is 4.79 Å². The number of nitrogens with one attached hydrogen (secondary N) is 2. The van der Waals surface area contributed by atoms with Crippen molar-refractivity contribution in [2.45, 2.75) is 29.9 Å². The van der Waals surface area contributed by atoms with Crippen LogP contribution in [0, 0.1) is 6.92 Å². The number of carbonyl (C=O) groups is 1. The van der Waals surface area contributed by atoms with Crippen molar-refractivity contribution in [3.63, 3.8) is 0 Å². The normalized spacial score (nSPS) is 11.9. The van der Waals surface area contributed by atoms with Gasteiger partial charge in [-0.05, 0) is 43.3 Å². The second kappa shape index (κ2) is 9.16. The van der Waals surface area contributed by atoms with Crippen LogP contribution in [0.5, 0.6) is 0 Å². The van der Waals surface area contributed by atoms with Gasteiger partial charge in [-0.1, -0.05) is 47.4 Å². The number of hydrogen-bond donors (Lipinski definition) is 2. The molecule has 0 aliphatic heterocycles. The van der Waals surface area contributed by atoms with Crippen molar-refractivity contribution in [2.24, 2.45) is 0 Å². The SMILES string of the molecule is Cc1ccccc1NC(=O)C(C)Sc1nnc(NCCc2cccs2)s1. The molecule has 0 radical (unpaired) electrons. The van der Waals surface area contributed by atoms with Crippen LogP contribution in [0.25, 0.3) is 0 Å². The number of carbonyl (C=O) groups excluding carboxylic acids is 1. The van der Waals surface area contributed by atoms with Gasteiger partial charge in [-0.25, -0.2) is 0 Å². The van der Waals surface area contributed by atoms with Crippen LogP contribution in [-0.2, 0) is 11.2 Å². The number of para-hydroxylation sites is 1. The minimum absolute atomic E-state index is 0.0355. The monoisotopic (exact) mass is 404 g/mol. The summed E-state index contributed by atoms with van der Waals surface area (Å²) in [7, 11) is 0. The minimum atomic E-state index is -0.249. The summed E-state index contributed by atoms with van der Waals surface area (Å²) >= 11 is 4.66. The molecule has 5 nitrogen and oxygen atoms in total. The number of thiophene rings is 1. The maximum Gasteiger partial charge on any atom is 0.237 e. The number of aromatic nitrogens is 2. The molecule has 3 rings (SSSR count). The smallest absolute Gasteiger partial charge is 0.237 e. The molecule has 0 fully saturated rings. The van der Waals surface area contributed by atoms with E-state index in [0.29, 0.717) is 0 Å². The first-order chi connectivity index (χ1) is 12.6. The first-order valence-corrected chi connectivity index (χ1v) is 10.8. The third kappa shape index (κ3) is 5.30. The van der Waals surface area contributed by atoms with Crippen LogP contribution in [0.2, 0.25) is 0 Å². The summed E-state index contributed by atoms with van der Waals surface area (Å²) in [5, 5.41) is 17.2. The van der Waals surface area contributed by atoms with Crippen LogP contribution in [-0.4, -0.2) is 27.9 Å². The summed E-state index contributed by atoms with van der Waals surface area (Å²) < 4.78 is 0.788. The summed E-state index contributed by atoms with van der Waals surface area (Å²) in [5.74, 6) is -0.0355. The molecule has 8 heteroatoms. The standard InChI is InChI=1S/C18H20N4OS3/c1-12-6-3-4-8-15(12)20-16(23)13(2)25-18-22-21-17(26-18)19-10-9-14-7-5-11-24-14/h3-8,11,13H,9-10H2,1-2H3,(H,19,21)(H,20,23). The van der Waals surface area contributed by atoms with Gasteiger partial charge in [0.05, 0.1) is 5.25 Å². The molecule has 3 aromatic rings. The van der Waals surface area contributed by atoms with Crippen LogP contribution in [0.3, 0.4) is 0 Å². The maximum absolute atomic E-state index is 12.4. The van der Waals surface area contributed by atoms with Gasteiger partial charge in [-0.15, -0.1) is 21.5 Å². The predicted molar refractivity (Wildman–Crippen MR) is 112 cm³/mol. The third-order valence-corrected chi connectivity index (χ3v) is 6.69. The summed E-state index contributed by atoms with van der Waals surface area (Å²) in [6, 6.07) is 11.9. The molecule has 2 N–H and O–H groups in total. The highest BCUT2D eigenvalue weighted by Gasteiger charge is 2.17. The van der Waals surface area contributed by atoms with Crippen molar-refractivity contribution in [1.29, 1.82) is 0 Å². The molecule has 0 aliphatic carbocycles. The highest BCUT2D eigenvalue weighted by Crippen LogP contribution is 2.29. The molecule has 0 aliphatic rings. The van der Waals surface area contributed by atoms with Crippen molar-refractivity contribution in [1.82, 2.24) is 10.2 Å². The van der Waals surface area contributed by atoms with E-state index >= 15 is 0 Å². The molecule has 26 heavy (non-hydrogen) atoms. The van der Waals surface area contributed by atoms with E-state index in [1.165, 1.54) is 28.0 Å². The fourth-order valence-corrected chi connectivity index (χ4v) is 4.86. The molecule has 1 unspecified atom stereocenters. The Balaban J connectivity index is 1.48. The lowest BCUT2D eigenvalue weighted by Gasteiger charge is -2.11. The van der Waals surface area contributed by atoms with Gasteiger partial charge in [-0.2, -0.15) is 0 Å². The van der Waals surface area contributed by atoms with Gasteiger partial charge < -0.3 is 10.6 Å². The fourth-order valence-electron chi connectivity index (χ4n) is 2.23. The highest BCUT2D eigenvalue weighted by atomic mass is 32.2. The van der Waals surface area contributed by atoms with Crippen LogP contribution in [0.4, 0.5) is 10.8 Å². The van der Waals surface area contributed by atoms with E-state index in [-0.39, 0.29) is 11.2 Å². The second-order valence-corrected chi connectivity index (χ2v) is 9.29. The number of amides is 1. The van der Waals surface area contributed by atoms with E-state index in [9.17, 15) is 4.79 Å². The molecule has 136 valence electrons. The number of benzene rings is 1. The van der Waals surface area contributed by atoms with E-state index in [1.807, 2.05) is 38.1 Å². The van der Waals surface area contributed by atoms with Gasteiger partial charge in [0.2, 0.25) is 11.0 Å². The molecule has 0 spiro atoms. The Morgan fingerprint density at radius 1 is 1.23 bits per heavy atom. The number of hydrogen-bond acceptors (Lipinski definition) is 7. The van der Waals surface area contributed by atoms with Gasteiger partial charge in [0.25, 0.3) is 0 Å². The summed E-state index contributed by atoms with van der Waals surface area (Å²) in [6.07, 6.45) is 0.967. The quantitative estimate of drug-likeness (QED) is 0.534. The summed E-state index contributed by atoms with van der Waals surface area (Å²) in [6.45, 7) is 4.68. The number of aryl methyl sites for hydroxylation is 1. The second-order valence-electron chi connectivity index (χ2n) is 5.69. The Kier molecular flexibility index (Phi) is 6.65. The Hall–Kier alpha value is -1.90. The van der Waals surface area contributed by atoms with Gasteiger partial charge in [0, 0.05) is 17.1 Å². The predicted octanol–water partition coefficient (Wildman–Crippen LogP) is 4.68. The van der Waals surface area contributed by atoms with E-state index < -0.39 is 0 Å². The zero-order chi connectivity index (χ0) is 18.4. The van der Waals surface area contributed by atoms with Crippen molar-refractivity contribution >= 4 is 51.2 Å². The zero-order valence-electron chi connectivity index (χ0n) is 14.6. The molecule has 0 saturated heterocycles. The molecule has 1 amide bonds. The number of rotatable bonds is 8. The van der Waals surface area contributed by atoms with Gasteiger partial charge in [0.15, 0.2) is 4.34 Å². The van der Waals surface area contributed by atoms with E-state index in [0.717, 1.165) is 33.7 Å². The first kappa shape index (κ1) is 18.9. The lowest BCUT2D eigenvalue weighted by Crippen LogP contribution is -2.22. The Morgan fingerprint density at radius 3 is 2.85 bits per heavy atom. The number of nitrogens with zero attached hydrogens (tertiary/aromatic N) is 2. The average molecular weight is 405 g/mol. The summed E-state index contributed by atoms with van der Waals surface area (Å²) in [5.41, 5.74) is 1.89. The van der Waals surface area contributed by atoms with Crippen LogP contribution in [0.1, 0.15) is 17.4 Å². The average Bonchev–Trinajstić information content (AvgIpc) is 3.29. The number of thioether (sulfide) groups is 1. The van der Waals surface area contributed by atoms with Crippen molar-refractivity contribution in [3.8, 4) is 0 Å². The molecule has 1 aromatic carbocycles. The van der Waals surface area contributed by atoms with Gasteiger partial charge in [-0.3, -0.25) is 4.79 Å². The molecule has 1 atom stereocenters. The Labute approximate surface area is 165 Å². The van der Waals surface area contributed by atoms with Gasteiger partial charge in [0.1, 0.15) is 0 Å². The van der Waals surface area contributed by atoms with Crippen LogP contribution in [0.15, 0.2) is 46.1 Å². The summed E-state index contributed by atoms with van der Waals surface area (Å²) in [4.78, 5) is 13.7. The molecular formula is C18H20N4OS3. The molecule has 0 saturated carbocycles. The minimum Gasteiger partial charge on any atom is -0.360 e. The Bertz CT molecular complexity index is 848. The molecule has 2 aromatic heterocycles. The van der Waals surface area contributed by atoms with Crippen LogP contribution < -0.4 is 10.6 Å². The molecule has 0 bridgehead atoms. The van der Waals surface area contributed by atoms with E-state index in [4.69, 9.17) is 0 Å². The van der Waals surface area contributed by atoms with E-state index in [1.54, 1.807) is 11.3 Å². The third-order valence-electron chi connectivity index (χ3n) is 3.68.